The van der Waals surface area contributed by atoms with Crippen molar-refractivity contribution in [1.82, 2.24) is 31.6 Å². The van der Waals surface area contributed by atoms with Gasteiger partial charge in [0.05, 0.1) is 30.6 Å². The van der Waals surface area contributed by atoms with Gasteiger partial charge >= 0.3 is 33.0 Å². The first kappa shape index (κ1) is 55.0. The molecule has 0 spiro atoms. The van der Waals surface area contributed by atoms with Crippen LogP contribution in [0.25, 0.3) is 5.73 Å². The second-order valence-corrected chi connectivity index (χ2v) is 13.5. The van der Waals surface area contributed by atoms with Gasteiger partial charge in [-0.25, -0.2) is 19.2 Å². The average molecular weight is 1100 g/mol. The number of aromatic nitrogens is 4. The van der Waals surface area contributed by atoms with Crippen LogP contribution in [0, 0.1) is 26.7 Å². The molecule has 2 aromatic heterocycles. The van der Waals surface area contributed by atoms with Crippen LogP contribution in [-0.2, 0) is 56.3 Å². The predicted molar refractivity (Wildman–Crippen MR) is 221 cm³/mol. The Morgan fingerprint density at radius 3 is 1.70 bits per heavy atom. The molecule has 340 valence electrons. The number of amidine groups is 2. The van der Waals surface area contributed by atoms with E-state index in [1.807, 2.05) is 11.0 Å². The maximum absolute atomic E-state index is 11.8. The molecule has 63 heavy (non-hydrogen) atoms. The van der Waals surface area contributed by atoms with Gasteiger partial charge in [0, 0.05) is 22.9 Å². The van der Waals surface area contributed by atoms with Crippen molar-refractivity contribution >= 4 is 87.3 Å². The third-order valence-corrected chi connectivity index (χ3v) is 8.30. The van der Waals surface area contributed by atoms with Crippen LogP contribution in [0.4, 0.5) is 17.2 Å². The van der Waals surface area contributed by atoms with Gasteiger partial charge in [-0.3, -0.25) is 54.4 Å². The van der Waals surface area contributed by atoms with Gasteiger partial charge in [-0.2, -0.15) is 12.0 Å². The van der Waals surface area contributed by atoms with Crippen molar-refractivity contribution in [2.45, 2.75) is 63.8 Å². The van der Waals surface area contributed by atoms with E-state index in [9.17, 15) is 39.2 Å². The normalized spacial score (nSPS) is 14.3. The Bertz CT molecular complexity index is 2050. The minimum atomic E-state index is -1.11. The Kier molecular flexibility index (Phi) is 25.6. The van der Waals surface area contributed by atoms with Gasteiger partial charge in [-0.05, 0) is 51.9 Å². The third-order valence-electron chi connectivity index (χ3n) is 7.83. The van der Waals surface area contributed by atoms with E-state index in [1.165, 1.54) is 25.3 Å². The van der Waals surface area contributed by atoms with Crippen molar-refractivity contribution in [1.29, 1.82) is 0 Å². The fraction of sp³-hybridized carbons (Fsp3) is 0.289. The van der Waals surface area contributed by atoms with Crippen LogP contribution in [0.15, 0.2) is 67.8 Å². The number of halogens is 2. The maximum Gasteiger partial charge on any atom is 4.00 e. The summed E-state index contributed by atoms with van der Waals surface area (Å²) in [5.74, 6) is -4.54. The summed E-state index contributed by atoms with van der Waals surface area (Å²) in [5, 5.41) is 53.1. The van der Waals surface area contributed by atoms with Crippen molar-refractivity contribution in [3.63, 3.8) is 0 Å². The second kappa shape index (κ2) is 29.3. The summed E-state index contributed by atoms with van der Waals surface area (Å²) in [6.45, 7) is 9.47. The summed E-state index contributed by atoms with van der Waals surface area (Å²) in [5.41, 5.74) is 12.1. The number of benzene rings is 2. The Morgan fingerprint density at radius 2 is 1.24 bits per heavy atom. The van der Waals surface area contributed by atoms with Crippen LogP contribution in [0.2, 0.25) is 10.0 Å². The molecule has 0 saturated heterocycles. The Morgan fingerprint density at radius 1 is 0.746 bits per heavy atom. The fourth-order valence-electron chi connectivity index (χ4n) is 4.68. The molecule has 1 aliphatic rings. The smallest absolute Gasteiger partial charge is 0.677 e. The van der Waals surface area contributed by atoms with E-state index in [-0.39, 0.29) is 99.6 Å². The van der Waals surface area contributed by atoms with Gasteiger partial charge in [-0.15, -0.1) is 11.6 Å². The number of Topliss-reactive ketones (excluding diaryl/α,β-unsaturated/α-hetero) is 3. The molecule has 2 aromatic carbocycles. The Labute approximate surface area is 384 Å². The summed E-state index contributed by atoms with van der Waals surface area (Å²) in [6, 6.07) is 13.2. The molecule has 8 N–H and O–H groups in total. The average Bonchev–Trinajstić information content (AvgIpc) is 3.89. The molecule has 1 fully saturated rings. The number of nitrogens with one attached hydrogen (secondary N) is 4. The molecule has 25 heteroatoms. The largest absolute Gasteiger partial charge is 4.00 e. The van der Waals surface area contributed by atoms with Crippen molar-refractivity contribution in [3.8, 4) is 0 Å². The van der Waals surface area contributed by atoms with E-state index in [0.29, 0.717) is 27.3 Å². The van der Waals surface area contributed by atoms with E-state index in [1.54, 1.807) is 42.5 Å². The zero-order valence-electron chi connectivity index (χ0n) is 33.1. The van der Waals surface area contributed by atoms with Gasteiger partial charge in [0.1, 0.15) is 11.5 Å². The maximum atomic E-state index is 11.8. The molecule has 22 nitrogen and oxygen atoms in total. The monoisotopic (exact) mass is 1100 g/mol. The molecule has 0 bridgehead atoms. The molecule has 2 heterocycles. The van der Waals surface area contributed by atoms with Crippen molar-refractivity contribution < 1.29 is 79.7 Å². The van der Waals surface area contributed by atoms with Gasteiger partial charge < -0.3 is 37.8 Å². The molecular formula is C38H42Cl2N10O12Pt. The standard InChI is InChI=1S/C14H13ClN4O5.C13H12ClN5O5.C7H13N.C4H4O2.Pt/c15-8-2-1-3-9(6-8)16-14(17-23)13-11(18-24-19-13)7-10(20)4-5-12(21)22;14-7-2-1-3-8(6-7)15-12(17-23)11-13(19-24-18-11)16-9(20)4-5-10(21)22;1-6-4-2-3-5-7(6)8;1-3(5)4(2)6;/h1-3,6,23H,4-5,7H2,(H,16,17)(H,21,22);1-3,6,23H,4-5H2,(H,15,17)(H,21,22)(H,16,19,20);6-8H,1-5H2;1-2H2;/q;;2*-2;+4. The van der Waals surface area contributed by atoms with E-state index in [0.717, 1.165) is 6.42 Å². The second-order valence-electron chi connectivity index (χ2n) is 12.7. The van der Waals surface area contributed by atoms with Crippen LogP contribution < -0.4 is 16.3 Å². The van der Waals surface area contributed by atoms with Crippen LogP contribution in [-0.4, -0.2) is 94.2 Å². The summed E-state index contributed by atoms with van der Waals surface area (Å²) in [4.78, 5) is 71.8. The van der Waals surface area contributed by atoms with Gasteiger partial charge in [0.25, 0.3) is 0 Å². The third kappa shape index (κ3) is 21.6. The summed E-state index contributed by atoms with van der Waals surface area (Å²) >= 11 is 11.7. The van der Waals surface area contributed by atoms with Crippen LogP contribution >= 0.6 is 23.2 Å². The molecule has 4 aromatic rings. The summed E-state index contributed by atoms with van der Waals surface area (Å²) in [7, 11) is 0. The molecule has 0 aliphatic heterocycles. The number of aliphatic imine (C=N–C) groups is 2. The number of amides is 1. The summed E-state index contributed by atoms with van der Waals surface area (Å²) in [6.07, 6.45) is 3.59. The van der Waals surface area contributed by atoms with E-state index >= 15 is 0 Å². The number of carboxylic acids is 2. The molecule has 1 amide bonds. The van der Waals surface area contributed by atoms with Crippen molar-refractivity contribution in [2.24, 2.45) is 15.9 Å². The number of hydrogen-bond donors (Lipinski definition) is 7. The number of hydrogen-bond acceptors (Lipinski definition) is 16. The van der Waals surface area contributed by atoms with E-state index in [2.05, 4.69) is 66.0 Å². The number of hydroxylamine groups is 2. The molecule has 1 aliphatic carbocycles. The van der Waals surface area contributed by atoms with E-state index in [4.69, 9.17) is 39.1 Å². The topological polar surface area (TPSA) is 346 Å². The number of carboxylic acid groups (broad SMARTS) is 2. The summed E-state index contributed by atoms with van der Waals surface area (Å²) < 4.78 is 9.12. The number of aliphatic carboxylic acids is 2. The quantitative estimate of drug-likeness (QED) is 0.0267. The van der Waals surface area contributed by atoms with Crippen molar-refractivity contribution in [3.05, 3.63) is 102 Å². The van der Waals surface area contributed by atoms with E-state index < -0.39 is 29.4 Å². The molecular weight excluding hydrogens is 1050 g/mol. The minimum Gasteiger partial charge on any atom is -0.677 e. The predicted octanol–water partition coefficient (Wildman–Crippen LogP) is 5.56. The zero-order valence-corrected chi connectivity index (χ0v) is 36.9. The number of carbonyl (C=O) groups is 6. The van der Waals surface area contributed by atoms with Gasteiger partial charge in [0.2, 0.25) is 11.7 Å². The molecule has 0 radical (unpaired) electrons. The first-order valence-electron chi connectivity index (χ1n) is 18.1. The SMILES string of the molecule is O=C(O)CCC(=O)Cc1nonc1C(=Nc1cccc(Cl)c1)NO.O=C(O)CCC(=O)Nc1nonc1C(=Nc1cccc(Cl)c1)NO.[CH2-]C(=O)C([CH2-])=O.[CH2-]C1CCCCC1[NH-].[Pt+4]. The van der Waals surface area contributed by atoms with Gasteiger partial charge in [-0.1, -0.05) is 66.2 Å². The molecule has 2 unspecified atom stereocenters. The first-order chi connectivity index (χ1) is 29.4. The Balaban J connectivity index is 0.000000477. The first-order valence-corrected chi connectivity index (χ1v) is 18.8. The van der Waals surface area contributed by atoms with Crippen molar-refractivity contribution in [2.75, 3.05) is 5.32 Å². The minimum absolute atomic E-state index is 0. The van der Waals surface area contributed by atoms with Gasteiger partial charge in [0.15, 0.2) is 23.1 Å². The number of ketones is 3. The van der Waals surface area contributed by atoms with Crippen LogP contribution in [0.5, 0.6) is 0 Å². The zero-order chi connectivity index (χ0) is 46.2. The van der Waals surface area contributed by atoms with Crippen LogP contribution in [0.1, 0.15) is 68.4 Å². The number of anilines is 1. The number of rotatable bonds is 14. The number of nitrogens with zero attached hydrogens (tertiary/aromatic N) is 6. The molecule has 1 saturated carbocycles. The van der Waals surface area contributed by atoms with Crippen LogP contribution in [0.3, 0.4) is 0 Å². The molecule has 5 rings (SSSR count). The molecule has 2 atom stereocenters. The Hall–Kier alpha value is -6.03. The fourth-order valence-corrected chi connectivity index (χ4v) is 5.05. The number of carbonyl (C=O) groups excluding carboxylic acids is 4.